The standard InChI is InChI=1S/C9H11NO3/c1-2-10-9(11)13-12-8-6-4-3-5-7-8/h3-7H,2H2,1H3,(H,10,11). The van der Waals surface area contributed by atoms with E-state index in [4.69, 9.17) is 4.89 Å². The number of para-hydroxylation sites is 1. The van der Waals surface area contributed by atoms with E-state index in [0.29, 0.717) is 12.3 Å². The summed E-state index contributed by atoms with van der Waals surface area (Å²) in [6, 6.07) is 8.81. The summed E-state index contributed by atoms with van der Waals surface area (Å²) in [5.41, 5.74) is 0. The lowest BCUT2D eigenvalue weighted by atomic mass is 10.3. The number of hydrogen-bond acceptors (Lipinski definition) is 3. The van der Waals surface area contributed by atoms with E-state index in [1.165, 1.54) is 0 Å². The van der Waals surface area contributed by atoms with E-state index in [9.17, 15) is 4.79 Å². The van der Waals surface area contributed by atoms with Crippen molar-refractivity contribution in [2.24, 2.45) is 0 Å². The second kappa shape index (κ2) is 5.03. The van der Waals surface area contributed by atoms with Gasteiger partial charge in [0.05, 0.1) is 0 Å². The van der Waals surface area contributed by atoms with Gasteiger partial charge in [-0.15, -0.1) is 0 Å². The molecule has 0 radical (unpaired) electrons. The van der Waals surface area contributed by atoms with Crippen LogP contribution in [0.4, 0.5) is 4.79 Å². The largest absolute Gasteiger partial charge is 0.450 e. The van der Waals surface area contributed by atoms with E-state index >= 15 is 0 Å². The van der Waals surface area contributed by atoms with Crippen LogP contribution in [-0.2, 0) is 4.89 Å². The summed E-state index contributed by atoms with van der Waals surface area (Å²) in [6.07, 6.45) is -0.591. The summed E-state index contributed by atoms with van der Waals surface area (Å²) in [5, 5.41) is 2.43. The van der Waals surface area contributed by atoms with Gasteiger partial charge in [0.2, 0.25) is 0 Å². The van der Waals surface area contributed by atoms with Crippen LogP contribution in [-0.4, -0.2) is 12.6 Å². The molecule has 0 saturated heterocycles. The maximum atomic E-state index is 10.8. The number of benzene rings is 1. The van der Waals surface area contributed by atoms with Gasteiger partial charge in [0.25, 0.3) is 0 Å². The minimum atomic E-state index is -0.591. The fraction of sp³-hybridized carbons (Fsp3) is 0.222. The van der Waals surface area contributed by atoms with E-state index in [0.717, 1.165) is 0 Å². The van der Waals surface area contributed by atoms with Crippen molar-refractivity contribution >= 4 is 6.09 Å². The van der Waals surface area contributed by atoms with Gasteiger partial charge in [-0.05, 0) is 19.1 Å². The van der Waals surface area contributed by atoms with Gasteiger partial charge < -0.3 is 5.32 Å². The Morgan fingerprint density at radius 1 is 1.38 bits per heavy atom. The smallest absolute Gasteiger partial charge is 0.319 e. The Bertz CT molecular complexity index is 261. The Morgan fingerprint density at radius 2 is 2.08 bits per heavy atom. The first-order chi connectivity index (χ1) is 6.33. The Kier molecular flexibility index (Phi) is 3.63. The molecule has 1 amide bonds. The average Bonchev–Trinajstić information content (AvgIpc) is 2.17. The second-order valence-corrected chi connectivity index (χ2v) is 2.30. The summed E-state index contributed by atoms with van der Waals surface area (Å²) >= 11 is 0. The Balaban J connectivity index is 2.31. The molecule has 13 heavy (non-hydrogen) atoms. The van der Waals surface area contributed by atoms with Crippen molar-refractivity contribution in [2.45, 2.75) is 6.92 Å². The summed E-state index contributed by atoms with van der Waals surface area (Å²) in [7, 11) is 0. The molecule has 0 heterocycles. The van der Waals surface area contributed by atoms with Crippen molar-refractivity contribution in [1.29, 1.82) is 0 Å². The van der Waals surface area contributed by atoms with Gasteiger partial charge in [0.15, 0.2) is 5.75 Å². The first-order valence-electron chi connectivity index (χ1n) is 4.00. The normalized spacial score (nSPS) is 9.00. The third kappa shape index (κ3) is 3.46. The highest BCUT2D eigenvalue weighted by Gasteiger charge is 2.00. The zero-order valence-corrected chi connectivity index (χ0v) is 7.32. The van der Waals surface area contributed by atoms with Crippen LogP contribution in [0.25, 0.3) is 0 Å². The Hall–Kier alpha value is -1.71. The second-order valence-electron chi connectivity index (χ2n) is 2.30. The maximum absolute atomic E-state index is 10.8. The lowest BCUT2D eigenvalue weighted by Crippen LogP contribution is -2.24. The van der Waals surface area contributed by atoms with Crippen molar-refractivity contribution in [3.05, 3.63) is 30.3 Å². The average molecular weight is 181 g/mol. The molecule has 0 saturated carbocycles. The molecule has 0 aromatic heterocycles. The number of carbonyl (C=O) groups is 1. The van der Waals surface area contributed by atoms with Gasteiger partial charge in [0.1, 0.15) is 0 Å². The van der Waals surface area contributed by atoms with E-state index in [1.54, 1.807) is 31.2 Å². The summed E-state index contributed by atoms with van der Waals surface area (Å²) in [5.74, 6) is 0.494. The van der Waals surface area contributed by atoms with Gasteiger partial charge in [-0.1, -0.05) is 18.2 Å². The number of amides is 1. The molecule has 0 fully saturated rings. The van der Waals surface area contributed by atoms with Crippen LogP contribution in [0.3, 0.4) is 0 Å². The van der Waals surface area contributed by atoms with Gasteiger partial charge in [-0.3, -0.25) is 4.89 Å². The summed E-state index contributed by atoms with van der Waals surface area (Å²) < 4.78 is 0. The zero-order chi connectivity index (χ0) is 9.52. The van der Waals surface area contributed by atoms with Crippen LogP contribution in [0, 0.1) is 0 Å². The summed E-state index contributed by atoms with van der Waals surface area (Å²) in [6.45, 7) is 2.31. The van der Waals surface area contributed by atoms with E-state index in [1.807, 2.05) is 6.07 Å². The number of nitrogens with one attached hydrogen (secondary N) is 1. The van der Waals surface area contributed by atoms with Crippen molar-refractivity contribution in [2.75, 3.05) is 6.54 Å². The maximum Gasteiger partial charge on any atom is 0.450 e. The molecule has 0 unspecified atom stereocenters. The SMILES string of the molecule is CCNC(=O)OOc1ccccc1. The minimum absolute atomic E-state index is 0.494. The van der Waals surface area contributed by atoms with Crippen molar-refractivity contribution in [1.82, 2.24) is 5.32 Å². The van der Waals surface area contributed by atoms with Gasteiger partial charge in [0, 0.05) is 6.54 Å². The van der Waals surface area contributed by atoms with Gasteiger partial charge in [-0.2, -0.15) is 0 Å². The Morgan fingerprint density at radius 3 is 2.69 bits per heavy atom. The summed E-state index contributed by atoms with van der Waals surface area (Å²) in [4.78, 5) is 19.9. The van der Waals surface area contributed by atoms with Crippen LogP contribution in [0.2, 0.25) is 0 Å². The molecule has 0 aliphatic heterocycles. The molecule has 1 aromatic rings. The lowest BCUT2D eigenvalue weighted by Gasteiger charge is -2.03. The van der Waals surface area contributed by atoms with E-state index in [-0.39, 0.29) is 0 Å². The molecule has 0 bridgehead atoms. The van der Waals surface area contributed by atoms with Gasteiger partial charge in [-0.25, -0.2) is 9.68 Å². The van der Waals surface area contributed by atoms with Crippen LogP contribution in [0.1, 0.15) is 6.92 Å². The highest BCUT2D eigenvalue weighted by Crippen LogP contribution is 2.08. The molecule has 70 valence electrons. The molecule has 4 nitrogen and oxygen atoms in total. The minimum Gasteiger partial charge on any atom is -0.319 e. The highest BCUT2D eigenvalue weighted by molar-refractivity contribution is 5.66. The molecule has 4 heteroatoms. The Labute approximate surface area is 76.4 Å². The number of carbonyl (C=O) groups excluding carboxylic acids is 1. The molecule has 1 N–H and O–H groups in total. The fourth-order valence-electron chi connectivity index (χ4n) is 0.736. The first kappa shape index (κ1) is 9.38. The third-order valence-electron chi connectivity index (χ3n) is 1.28. The van der Waals surface area contributed by atoms with Crippen molar-refractivity contribution < 1.29 is 14.6 Å². The van der Waals surface area contributed by atoms with Crippen LogP contribution in [0.15, 0.2) is 30.3 Å². The molecule has 1 aromatic carbocycles. The van der Waals surface area contributed by atoms with Crippen molar-refractivity contribution in [3.63, 3.8) is 0 Å². The monoisotopic (exact) mass is 181 g/mol. The molecule has 0 atom stereocenters. The fourth-order valence-corrected chi connectivity index (χ4v) is 0.736. The highest BCUT2D eigenvalue weighted by atomic mass is 17.2. The molecule has 0 aliphatic carbocycles. The molecule has 0 aliphatic rings. The quantitative estimate of drug-likeness (QED) is 0.570. The van der Waals surface area contributed by atoms with Gasteiger partial charge >= 0.3 is 6.09 Å². The predicted octanol–water partition coefficient (Wildman–Crippen LogP) is 1.73. The number of hydrogen-bond donors (Lipinski definition) is 1. The third-order valence-corrected chi connectivity index (χ3v) is 1.28. The van der Waals surface area contributed by atoms with Crippen LogP contribution >= 0.6 is 0 Å². The molecule has 0 spiro atoms. The van der Waals surface area contributed by atoms with E-state index < -0.39 is 6.09 Å². The number of rotatable bonds is 3. The van der Waals surface area contributed by atoms with Crippen molar-refractivity contribution in [3.8, 4) is 5.75 Å². The van der Waals surface area contributed by atoms with Crippen LogP contribution < -0.4 is 10.2 Å². The molecular formula is C9H11NO3. The van der Waals surface area contributed by atoms with E-state index in [2.05, 4.69) is 10.2 Å². The predicted molar refractivity (Wildman–Crippen MR) is 47.2 cm³/mol. The first-order valence-corrected chi connectivity index (χ1v) is 4.00. The zero-order valence-electron chi connectivity index (χ0n) is 7.32. The topological polar surface area (TPSA) is 47.6 Å². The molecule has 1 rings (SSSR count). The van der Waals surface area contributed by atoms with Crippen LogP contribution in [0.5, 0.6) is 5.75 Å². The lowest BCUT2D eigenvalue weighted by molar-refractivity contribution is -0.142. The molecular weight excluding hydrogens is 170 g/mol.